The molecule has 4 N–H and O–H groups in total. The van der Waals surface area contributed by atoms with Gasteiger partial charge in [0, 0.05) is 18.4 Å². The van der Waals surface area contributed by atoms with Crippen LogP contribution < -0.4 is 10.6 Å². The number of fused-ring (bicyclic) bond motifs is 1. The van der Waals surface area contributed by atoms with Crippen LogP contribution in [-0.4, -0.2) is 38.4 Å². The highest BCUT2D eigenvalue weighted by Gasteiger charge is 2.13. The van der Waals surface area contributed by atoms with Gasteiger partial charge >= 0.3 is 0 Å². The van der Waals surface area contributed by atoms with E-state index >= 15 is 0 Å². The van der Waals surface area contributed by atoms with Crippen LogP contribution in [0.5, 0.6) is 5.75 Å². The highest BCUT2D eigenvalue weighted by molar-refractivity contribution is 6.05. The van der Waals surface area contributed by atoms with Crippen molar-refractivity contribution in [1.29, 1.82) is 0 Å². The Morgan fingerprint density at radius 2 is 1.87 bits per heavy atom. The Morgan fingerprint density at radius 1 is 1.00 bits per heavy atom. The molecular weight excluding hydrogens is 382 g/mol. The molecule has 2 amide bonds. The highest BCUT2D eigenvalue weighted by atomic mass is 16.3. The molecule has 150 valence electrons. The lowest BCUT2D eigenvalue weighted by Gasteiger charge is -2.09. The molecule has 30 heavy (non-hydrogen) atoms. The van der Waals surface area contributed by atoms with Crippen LogP contribution in [0, 0.1) is 0 Å². The smallest absolute Gasteiger partial charge is 0.278 e. The molecule has 0 spiro atoms. The minimum Gasteiger partial charge on any atom is -0.505 e. The summed E-state index contributed by atoms with van der Waals surface area (Å²) >= 11 is 0. The third kappa shape index (κ3) is 4.12. The first-order valence-corrected chi connectivity index (χ1v) is 9.36. The van der Waals surface area contributed by atoms with E-state index in [1.54, 1.807) is 30.6 Å². The number of hydrogen-bond donors (Lipinski definition) is 4. The predicted octanol–water partition coefficient (Wildman–Crippen LogP) is 2.89. The lowest BCUT2D eigenvalue weighted by atomic mass is 10.1. The summed E-state index contributed by atoms with van der Waals surface area (Å²) in [4.78, 5) is 35.9. The molecule has 0 unspecified atom stereocenters. The van der Waals surface area contributed by atoms with Crippen LogP contribution in [0.2, 0.25) is 0 Å². The second-order valence-corrected chi connectivity index (χ2v) is 6.64. The fourth-order valence-electron chi connectivity index (χ4n) is 3.13. The summed E-state index contributed by atoms with van der Waals surface area (Å²) in [5.74, 6) is -0.866. The zero-order chi connectivity index (χ0) is 20.9. The Hall–Kier alpha value is -4.20. The Kier molecular flexibility index (Phi) is 5.38. The van der Waals surface area contributed by atoms with Crippen LogP contribution in [0.15, 0.2) is 67.1 Å². The van der Waals surface area contributed by atoms with E-state index in [0.29, 0.717) is 29.7 Å². The van der Waals surface area contributed by atoms with E-state index in [1.807, 2.05) is 24.3 Å². The quantitative estimate of drug-likeness (QED) is 0.396. The largest absolute Gasteiger partial charge is 0.505 e. The van der Waals surface area contributed by atoms with Crippen molar-refractivity contribution in [3.63, 3.8) is 0 Å². The molecule has 0 aliphatic carbocycles. The molecule has 0 bridgehead atoms. The van der Waals surface area contributed by atoms with Gasteiger partial charge in [0.2, 0.25) is 0 Å². The molecule has 0 atom stereocenters. The number of carbonyl (C=O) groups excluding carboxylic acids is 2. The van der Waals surface area contributed by atoms with Gasteiger partial charge in [-0.15, -0.1) is 0 Å². The van der Waals surface area contributed by atoms with Gasteiger partial charge in [0.15, 0.2) is 5.69 Å². The molecule has 2 heterocycles. The van der Waals surface area contributed by atoms with E-state index in [4.69, 9.17) is 0 Å². The number of nitrogens with one attached hydrogen (secondary N) is 3. The number of pyridine rings is 1. The number of aromatic nitrogens is 3. The van der Waals surface area contributed by atoms with Gasteiger partial charge in [0.25, 0.3) is 11.8 Å². The van der Waals surface area contributed by atoms with E-state index in [-0.39, 0.29) is 17.4 Å². The summed E-state index contributed by atoms with van der Waals surface area (Å²) in [5, 5.41) is 15.4. The summed E-state index contributed by atoms with van der Waals surface area (Å²) in [7, 11) is 0. The van der Waals surface area contributed by atoms with Gasteiger partial charge in [0.1, 0.15) is 11.3 Å². The van der Waals surface area contributed by atoms with E-state index < -0.39 is 5.91 Å². The van der Waals surface area contributed by atoms with E-state index in [1.165, 1.54) is 12.3 Å². The number of H-pyrrole nitrogens is 1. The van der Waals surface area contributed by atoms with Crippen LogP contribution >= 0.6 is 0 Å². The molecule has 4 aromatic rings. The zero-order valence-electron chi connectivity index (χ0n) is 15.9. The van der Waals surface area contributed by atoms with Gasteiger partial charge in [-0.2, -0.15) is 0 Å². The fraction of sp³-hybridized carbons (Fsp3) is 0.0909. The van der Waals surface area contributed by atoms with Crippen molar-refractivity contribution in [3.05, 3.63) is 83.9 Å². The van der Waals surface area contributed by atoms with Gasteiger partial charge in [-0.3, -0.25) is 9.59 Å². The first-order valence-electron chi connectivity index (χ1n) is 9.36. The monoisotopic (exact) mass is 401 g/mol. The van der Waals surface area contributed by atoms with Crippen LogP contribution in [0.3, 0.4) is 0 Å². The number of aromatic amines is 1. The maximum atomic E-state index is 12.5. The molecule has 0 radical (unpaired) electrons. The Morgan fingerprint density at radius 3 is 2.73 bits per heavy atom. The Bertz CT molecular complexity index is 1220. The zero-order valence-corrected chi connectivity index (χ0v) is 15.9. The first-order chi connectivity index (χ1) is 14.6. The van der Waals surface area contributed by atoms with Gasteiger partial charge in [-0.1, -0.05) is 18.2 Å². The number of carbonyl (C=O) groups is 2. The van der Waals surface area contributed by atoms with Gasteiger partial charge in [-0.25, -0.2) is 9.97 Å². The average molecular weight is 401 g/mol. The molecule has 0 aliphatic rings. The summed E-state index contributed by atoms with van der Waals surface area (Å²) in [6, 6.07) is 15.7. The second-order valence-electron chi connectivity index (χ2n) is 6.64. The Labute approximate surface area is 172 Å². The fourth-order valence-corrected chi connectivity index (χ4v) is 3.13. The van der Waals surface area contributed by atoms with Crippen LogP contribution in [-0.2, 0) is 6.42 Å². The van der Waals surface area contributed by atoms with Crippen molar-refractivity contribution in [2.75, 3.05) is 11.9 Å². The molecule has 2 aromatic heterocycles. The van der Waals surface area contributed by atoms with Crippen molar-refractivity contribution in [3.8, 4) is 5.75 Å². The number of hydrogen-bond acceptors (Lipinski definition) is 5. The maximum absolute atomic E-state index is 12.5. The molecule has 4 rings (SSSR count). The highest BCUT2D eigenvalue weighted by Crippen LogP contribution is 2.17. The Balaban J connectivity index is 1.37. The molecule has 8 heteroatoms. The first kappa shape index (κ1) is 19.1. The lowest BCUT2D eigenvalue weighted by molar-refractivity contribution is 0.0954. The third-order valence-corrected chi connectivity index (χ3v) is 4.58. The summed E-state index contributed by atoms with van der Waals surface area (Å²) < 4.78 is 0. The topological polar surface area (TPSA) is 120 Å². The van der Waals surface area contributed by atoms with Crippen molar-refractivity contribution >= 4 is 28.5 Å². The molecular formula is C22H19N5O3. The molecule has 0 saturated heterocycles. The van der Waals surface area contributed by atoms with Crippen LogP contribution in [0.1, 0.15) is 26.4 Å². The lowest BCUT2D eigenvalue weighted by Crippen LogP contribution is -2.26. The standard InChI is InChI=1S/C22H19N5O3/c28-18-8-3-10-23-20(18)22(30)27-15-5-1-4-14(12-15)9-11-24-21(29)16-6-2-7-17-19(16)26-13-25-17/h1-8,10,12-13,28H,9,11H2,(H,24,29)(H,25,26)(H,27,30). The maximum Gasteiger partial charge on any atom is 0.278 e. The van der Waals surface area contributed by atoms with Crippen LogP contribution in [0.4, 0.5) is 5.69 Å². The van der Waals surface area contributed by atoms with Crippen molar-refractivity contribution in [2.45, 2.75) is 6.42 Å². The van der Waals surface area contributed by atoms with Gasteiger partial charge < -0.3 is 20.7 Å². The van der Waals surface area contributed by atoms with E-state index in [9.17, 15) is 14.7 Å². The number of nitrogens with zero attached hydrogens (tertiary/aromatic N) is 2. The minimum atomic E-state index is -0.495. The van der Waals surface area contributed by atoms with E-state index in [0.717, 1.165) is 11.1 Å². The minimum absolute atomic E-state index is 0.0392. The normalized spacial score (nSPS) is 10.7. The van der Waals surface area contributed by atoms with Crippen LogP contribution in [0.25, 0.3) is 11.0 Å². The number of benzene rings is 2. The molecule has 0 saturated carbocycles. The number of aromatic hydroxyl groups is 1. The van der Waals surface area contributed by atoms with Gasteiger partial charge in [0.05, 0.1) is 17.4 Å². The van der Waals surface area contributed by atoms with Crippen molar-refractivity contribution in [1.82, 2.24) is 20.3 Å². The number of anilines is 1. The van der Waals surface area contributed by atoms with E-state index in [2.05, 4.69) is 25.6 Å². The summed E-state index contributed by atoms with van der Waals surface area (Å²) in [6.07, 6.45) is 3.59. The number of amides is 2. The average Bonchev–Trinajstić information content (AvgIpc) is 3.23. The predicted molar refractivity (Wildman–Crippen MR) is 112 cm³/mol. The third-order valence-electron chi connectivity index (χ3n) is 4.58. The SMILES string of the molecule is O=C(Nc1cccc(CCNC(=O)c2cccc3[nH]cnc23)c1)c1ncccc1O. The molecule has 8 nitrogen and oxygen atoms in total. The molecule has 0 aliphatic heterocycles. The second kappa shape index (κ2) is 8.44. The van der Waals surface area contributed by atoms with Gasteiger partial charge in [-0.05, 0) is 48.4 Å². The van der Waals surface area contributed by atoms with Crippen molar-refractivity contribution in [2.24, 2.45) is 0 Å². The molecule has 0 fully saturated rings. The number of para-hydroxylation sites is 1. The molecule has 2 aromatic carbocycles. The van der Waals surface area contributed by atoms with Crippen molar-refractivity contribution < 1.29 is 14.7 Å². The number of imidazole rings is 1. The number of rotatable bonds is 6. The summed E-state index contributed by atoms with van der Waals surface area (Å²) in [6.45, 7) is 0.429. The summed E-state index contributed by atoms with van der Waals surface area (Å²) in [5.41, 5.74) is 3.45.